The predicted octanol–water partition coefficient (Wildman–Crippen LogP) is 3.49. The van der Waals surface area contributed by atoms with Crippen molar-refractivity contribution in [3.63, 3.8) is 0 Å². The second-order valence-corrected chi connectivity index (χ2v) is 7.17. The molecule has 0 aromatic heterocycles. The number of para-hydroxylation sites is 1. The molecule has 26 heavy (non-hydrogen) atoms. The predicted molar refractivity (Wildman–Crippen MR) is 107 cm³/mol. The maximum atomic E-state index is 6.16. The first-order valence-corrected chi connectivity index (χ1v) is 9.82. The summed E-state index contributed by atoms with van der Waals surface area (Å²) >= 11 is 0. The monoisotopic (exact) mass is 356 g/mol. The van der Waals surface area contributed by atoms with Crippen LogP contribution in [-0.4, -0.2) is 61.3 Å². The zero-order chi connectivity index (χ0) is 18.2. The smallest absolute Gasteiger partial charge is 0.123 e. The number of ether oxygens (including phenoxy) is 2. The Morgan fingerprint density at radius 1 is 1.27 bits per heavy atom. The SMILES string of the molecule is C=CC[C@@H]1CC=C[C@@H](C)N1Cc1ccccc1OCCN1CCOCC1. The highest BCUT2D eigenvalue weighted by Gasteiger charge is 2.24. The van der Waals surface area contributed by atoms with Gasteiger partial charge in [0.2, 0.25) is 0 Å². The average Bonchev–Trinajstić information content (AvgIpc) is 2.67. The first kappa shape index (κ1) is 19.2. The Hall–Kier alpha value is -1.62. The van der Waals surface area contributed by atoms with Gasteiger partial charge in [0.05, 0.1) is 13.2 Å². The minimum atomic E-state index is 0.440. The molecule has 0 spiro atoms. The van der Waals surface area contributed by atoms with Crippen LogP contribution in [0.15, 0.2) is 49.1 Å². The Balaban J connectivity index is 1.60. The van der Waals surface area contributed by atoms with E-state index in [1.807, 2.05) is 6.08 Å². The van der Waals surface area contributed by atoms with Crippen molar-refractivity contribution >= 4 is 0 Å². The van der Waals surface area contributed by atoms with Gasteiger partial charge in [-0.25, -0.2) is 0 Å². The van der Waals surface area contributed by atoms with Crippen LogP contribution in [0.25, 0.3) is 0 Å². The van der Waals surface area contributed by atoms with Gasteiger partial charge >= 0.3 is 0 Å². The van der Waals surface area contributed by atoms with E-state index >= 15 is 0 Å². The van der Waals surface area contributed by atoms with Crippen LogP contribution in [0, 0.1) is 0 Å². The van der Waals surface area contributed by atoms with Crippen LogP contribution in [0.2, 0.25) is 0 Å². The Bertz CT molecular complexity index is 596. The van der Waals surface area contributed by atoms with Crippen LogP contribution >= 0.6 is 0 Å². The molecule has 2 heterocycles. The van der Waals surface area contributed by atoms with Crippen LogP contribution in [0.1, 0.15) is 25.3 Å². The Labute approximate surface area is 158 Å². The van der Waals surface area contributed by atoms with Crippen molar-refractivity contribution in [2.24, 2.45) is 0 Å². The maximum Gasteiger partial charge on any atom is 0.123 e. The van der Waals surface area contributed by atoms with Gasteiger partial charge < -0.3 is 9.47 Å². The van der Waals surface area contributed by atoms with Crippen LogP contribution in [-0.2, 0) is 11.3 Å². The molecule has 2 aliphatic heterocycles. The number of nitrogens with zero attached hydrogens (tertiary/aromatic N) is 2. The summed E-state index contributed by atoms with van der Waals surface area (Å²) in [6, 6.07) is 9.43. The fourth-order valence-electron chi connectivity index (χ4n) is 3.79. The summed E-state index contributed by atoms with van der Waals surface area (Å²) in [6.45, 7) is 12.5. The average molecular weight is 357 g/mol. The summed E-state index contributed by atoms with van der Waals surface area (Å²) < 4.78 is 11.6. The normalized spacial score (nSPS) is 24.5. The summed E-state index contributed by atoms with van der Waals surface area (Å²) in [4.78, 5) is 4.97. The van der Waals surface area contributed by atoms with Crippen LogP contribution in [0.4, 0.5) is 0 Å². The van der Waals surface area contributed by atoms with Crippen molar-refractivity contribution in [1.82, 2.24) is 9.80 Å². The highest BCUT2D eigenvalue weighted by Crippen LogP contribution is 2.26. The van der Waals surface area contributed by atoms with Gasteiger partial charge in [0.15, 0.2) is 0 Å². The summed E-state index contributed by atoms with van der Waals surface area (Å²) in [5.74, 6) is 1.01. The molecule has 1 aromatic carbocycles. The molecule has 0 amide bonds. The Morgan fingerprint density at radius 3 is 2.88 bits per heavy atom. The van der Waals surface area contributed by atoms with E-state index in [2.05, 4.69) is 59.7 Å². The van der Waals surface area contributed by atoms with Gasteiger partial charge in [0.25, 0.3) is 0 Å². The fraction of sp³-hybridized carbons (Fsp3) is 0.545. The van der Waals surface area contributed by atoms with E-state index in [0.29, 0.717) is 12.1 Å². The maximum absolute atomic E-state index is 6.16. The van der Waals surface area contributed by atoms with Crippen molar-refractivity contribution in [1.29, 1.82) is 0 Å². The molecule has 142 valence electrons. The zero-order valence-corrected chi connectivity index (χ0v) is 16.0. The first-order chi connectivity index (χ1) is 12.8. The van der Waals surface area contributed by atoms with Crippen molar-refractivity contribution < 1.29 is 9.47 Å². The lowest BCUT2D eigenvalue weighted by molar-refractivity contribution is 0.0321. The lowest BCUT2D eigenvalue weighted by atomic mass is 9.99. The topological polar surface area (TPSA) is 24.9 Å². The van der Waals surface area contributed by atoms with Crippen molar-refractivity contribution in [3.8, 4) is 5.75 Å². The molecule has 0 bridgehead atoms. The van der Waals surface area contributed by atoms with E-state index in [9.17, 15) is 0 Å². The summed E-state index contributed by atoms with van der Waals surface area (Å²) in [6.07, 6.45) is 8.76. The summed E-state index contributed by atoms with van der Waals surface area (Å²) in [5.41, 5.74) is 1.27. The van der Waals surface area contributed by atoms with E-state index in [1.165, 1.54) is 5.56 Å². The largest absolute Gasteiger partial charge is 0.492 e. The van der Waals surface area contributed by atoms with Gasteiger partial charge in [0.1, 0.15) is 12.4 Å². The van der Waals surface area contributed by atoms with Crippen molar-refractivity contribution in [2.75, 3.05) is 39.5 Å². The molecule has 2 aliphatic rings. The second-order valence-electron chi connectivity index (χ2n) is 7.17. The number of hydrogen-bond donors (Lipinski definition) is 0. The molecule has 4 nitrogen and oxygen atoms in total. The van der Waals surface area contributed by atoms with Gasteiger partial charge in [-0.3, -0.25) is 9.80 Å². The molecule has 1 saturated heterocycles. The standard InChI is InChI=1S/C22H32N2O2/c1-3-7-21-10-6-8-19(2)24(21)18-20-9-4-5-11-22(20)26-17-14-23-12-15-25-16-13-23/h3-6,8-9,11,19,21H,1,7,10,12-18H2,2H3/t19-,21-/m1/s1. The molecule has 3 rings (SSSR count). The lowest BCUT2D eigenvalue weighted by Crippen LogP contribution is -2.42. The minimum absolute atomic E-state index is 0.440. The van der Waals surface area contributed by atoms with E-state index in [-0.39, 0.29) is 0 Å². The van der Waals surface area contributed by atoms with Crippen LogP contribution in [0.3, 0.4) is 0 Å². The number of benzene rings is 1. The highest BCUT2D eigenvalue weighted by atomic mass is 16.5. The molecule has 0 unspecified atom stereocenters. The Morgan fingerprint density at radius 2 is 2.08 bits per heavy atom. The van der Waals surface area contributed by atoms with Crippen molar-refractivity contribution in [3.05, 3.63) is 54.6 Å². The quantitative estimate of drug-likeness (QED) is 0.666. The number of rotatable bonds is 8. The molecule has 0 aliphatic carbocycles. The fourth-order valence-corrected chi connectivity index (χ4v) is 3.79. The third kappa shape index (κ3) is 5.19. The third-order valence-corrected chi connectivity index (χ3v) is 5.35. The van der Waals surface area contributed by atoms with E-state index in [4.69, 9.17) is 9.47 Å². The Kier molecular flexibility index (Phi) is 7.30. The van der Waals surface area contributed by atoms with E-state index in [1.54, 1.807) is 0 Å². The lowest BCUT2D eigenvalue weighted by Gasteiger charge is -2.37. The van der Waals surface area contributed by atoms with Gasteiger partial charge in [-0.05, 0) is 25.8 Å². The van der Waals surface area contributed by atoms with Crippen LogP contribution < -0.4 is 4.74 Å². The van der Waals surface area contributed by atoms with E-state index in [0.717, 1.165) is 64.6 Å². The van der Waals surface area contributed by atoms with Gasteiger partial charge in [-0.15, -0.1) is 6.58 Å². The molecule has 4 heteroatoms. The molecular weight excluding hydrogens is 324 g/mol. The zero-order valence-electron chi connectivity index (χ0n) is 16.0. The van der Waals surface area contributed by atoms with E-state index < -0.39 is 0 Å². The number of morpholine rings is 1. The highest BCUT2D eigenvalue weighted by molar-refractivity contribution is 5.33. The summed E-state index contributed by atoms with van der Waals surface area (Å²) in [7, 11) is 0. The van der Waals surface area contributed by atoms with Crippen molar-refractivity contribution in [2.45, 2.75) is 38.4 Å². The molecule has 0 saturated carbocycles. The summed E-state index contributed by atoms with van der Waals surface area (Å²) in [5, 5.41) is 0. The van der Waals surface area contributed by atoms with Gasteiger partial charge in [0, 0.05) is 43.8 Å². The molecule has 1 aromatic rings. The van der Waals surface area contributed by atoms with Crippen LogP contribution in [0.5, 0.6) is 5.75 Å². The minimum Gasteiger partial charge on any atom is -0.492 e. The van der Waals surface area contributed by atoms with Gasteiger partial charge in [-0.2, -0.15) is 0 Å². The molecule has 0 N–H and O–H groups in total. The second kappa shape index (κ2) is 9.91. The molecular formula is C22H32N2O2. The third-order valence-electron chi connectivity index (χ3n) is 5.35. The molecule has 0 radical (unpaired) electrons. The molecule has 1 fully saturated rings. The number of hydrogen-bond acceptors (Lipinski definition) is 4. The van der Waals surface area contributed by atoms with Gasteiger partial charge in [-0.1, -0.05) is 36.4 Å². The first-order valence-electron chi connectivity index (χ1n) is 9.82. The molecule has 2 atom stereocenters.